The van der Waals surface area contributed by atoms with Gasteiger partial charge in [-0.25, -0.2) is 0 Å². The monoisotopic (exact) mass is 102 g/mol. The predicted octanol–water partition coefficient (Wildman–Crippen LogP) is -0.619. The fourth-order valence-electron chi connectivity index (χ4n) is 0.247. The Morgan fingerprint density at radius 3 is 2.43 bits per heavy atom. The Morgan fingerprint density at radius 2 is 2.43 bits per heavy atom. The topological polar surface area (TPSA) is 46.3 Å². The van der Waals surface area contributed by atoms with E-state index in [2.05, 4.69) is 0 Å². The average molecular weight is 102 g/mol. The zero-order valence-corrected chi connectivity index (χ0v) is 4.42. The highest BCUT2D eigenvalue weighted by Gasteiger charge is 1.87. The van der Waals surface area contributed by atoms with Crippen molar-refractivity contribution < 1.29 is 4.79 Å². The molecule has 0 rings (SSSR count). The van der Waals surface area contributed by atoms with Crippen molar-refractivity contribution in [1.29, 1.82) is 0 Å². The van der Waals surface area contributed by atoms with Crippen molar-refractivity contribution in [2.45, 2.75) is 6.92 Å². The van der Waals surface area contributed by atoms with E-state index in [0.29, 0.717) is 13.2 Å². The number of carbonyl (C=O) groups excluding carboxylic acids is 1. The summed E-state index contributed by atoms with van der Waals surface area (Å²) in [6.07, 6.45) is 0.736. The Morgan fingerprint density at radius 1 is 1.86 bits per heavy atom. The van der Waals surface area contributed by atoms with Crippen molar-refractivity contribution in [3.8, 4) is 0 Å². The fraction of sp³-hybridized carbons (Fsp3) is 0.750. The summed E-state index contributed by atoms with van der Waals surface area (Å²) in [5.41, 5.74) is 5.09. The third kappa shape index (κ3) is 2.17. The fourth-order valence-corrected chi connectivity index (χ4v) is 0.247. The highest BCUT2D eigenvalue weighted by Crippen LogP contribution is 1.71. The van der Waals surface area contributed by atoms with Crippen LogP contribution in [0.15, 0.2) is 0 Å². The first-order chi connectivity index (χ1) is 3.35. The van der Waals surface area contributed by atoms with E-state index in [1.807, 2.05) is 6.92 Å². The van der Waals surface area contributed by atoms with Gasteiger partial charge in [0.1, 0.15) is 0 Å². The van der Waals surface area contributed by atoms with Gasteiger partial charge >= 0.3 is 0 Å². The Labute approximate surface area is 43.1 Å². The van der Waals surface area contributed by atoms with Crippen molar-refractivity contribution >= 4 is 6.41 Å². The maximum absolute atomic E-state index is 9.81. The number of carbonyl (C=O) groups is 1. The summed E-state index contributed by atoms with van der Waals surface area (Å²) in [4.78, 5) is 11.3. The molecule has 0 radical (unpaired) electrons. The highest BCUT2D eigenvalue weighted by molar-refractivity contribution is 5.46. The summed E-state index contributed by atoms with van der Waals surface area (Å²) in [6.45, 7) is 2.89. The molecule has 3 nitrogen and oxygen atoms in total. The third-order valence-corrected chi connectivity index (χ3v) is 0.790. The van der Waals surface area contributed by atoms with E-state index < -0.39 is 0 Å². The molecule has 0 aliphatic heterocycles. The van der Waals surface area contributed by atoms with Crippen molar-refractivity contribution in [2.24, 2.45) is 5.73 Å². The molecule has 2 N–H and O–H groups in total. The lowest BCUT2D eigenvalue weighted by atomic mass is 10.7. The zero-order chi connectivity index (χ0) is 5.70. The summed E-state index contributed by atoms with van der Waals surface area (Å²) in [7, 11) is 0. The van der Waals surface area contributed by atoms with E-state index in [4.69, 9.17) is 5.73 Å². The summed E-state index contributed by atoms with van der Waals surface area (Å²) in [5.74, 6) is 0. The number of rotatable bonds is 3. The van der Waals surface area contributed by atoms with E-state index in [-0.39, 0.29) is 0 Å². The Hall–Kier alpha value is -0.570. The van der Waals surface area contributed by atoms with Crippen LogP contribution in [-0.4, -0.2) is 24.5 Å². The molecule has 0 atom stereocenters. The molecule has 0 aliphatic rings. The second-order valence-electron chi connectivity index (χ2n) is 1.19. The van der Waals surface area contributed by atoms with E-state index in [9.17, 15) is 4.79 Å². The van der Waals surface area contributed by atoms with Gasteiger partial charge in [-0.1, -0.05) is 0 Å². The molecule has 1 amide bonds. The normalized spacial score (nSPS) is 8.29. The van der Waals surface area contributed by atoms with Crippen LogP contribution in [0, 0.1) is 0 Å². The molecule has 42 valence electrons. The molecule has 0 aromatic heterocycles. The summed E-state index contributed by atoms with van der Waals surface area (Å²) in [5, 5.41) is 0. The average Bonchev–Trinajstić information content (AvgIpc) is 1.72. The standard InChI is InChI=1S/C4H10N2O/c1-2-6(3-5)4-7/h4H,2-3,5H2,1H3. The van der Waals surface area contributed by atoms with Crippen LogP contribution in [-0.2, 0) is 4.79 Å². The van der Waals surface area contributed by atoms with Gasteiger partial charge in [0.25, 0.3) is 0 Å². The van der Waals surface area contributed by atoms with Crippen LogP contribution in [0.4, 0.5) is 0 Å². The second kappa shape index (κ2) is 3.61. The van der Waals surface area contributed by atoms with E-state index in [0.717, 1.165) is 6.41 Å². The Bertz CT molecular complexity index is 51.7. The maximum Gasteiger partial charge on any atom is 0.210 e. The maximum atomic E-state index is 9.81. The molecule has 0 heterocycles. The van der Waals surface area contributed by atoms with Gasteiger partial charge in [0, 0.05) is 6.54 Å². The zero-order valence-electron chi connectivity index (χ0n) is 4.42. The minimum absolute atomic E-state index is 0.319. The molecule has 0 saturated heterocycles. The first-order valence-electron chi connectivity index (χ1n) is 2.24. The molecular weight excluding hydrogens is 92.1 g/mol. The van der Waals surface area contributed by atoms with Gasteiger partial charge < -0.3 is 10.6 Å². The summed E-state index contributed by atoms with van der Waals surface area (Å²) < 4.78 is 0. The molecule has 0 bridgehead atoms. The Balaban J connectivity index is 3.16. The van der Waals surface area contributed by atoms with Crippen LogP contribution in [0.1, 0.15) is 6.92 Å². The van der Waals surface area contributed by atoms with Gasteiger partial charge in [0.2, 0.25) is 6.41 Å². The first kappa shape index (κ1) is 6.43. The van der Waals surface area contributed by atoms with Crippen LogP contribution in [0.5, 0.6) is 0 Å². The second-order valence-corrected chi connectivity index (χ2v) is 1.19. The van der Waals surface area contributed by atoms with Gasteiger partial charge in [0.05, 0.1) is 6.67 Å². The van der Waals surface area contributed by atoms with Crippen molar-refractivity contribution in [3.63, 3.8) is 0 Å². The quantitative estimate of drug-likeness (QED) is 0.381. The predicted molar refractivity (Wildman–Crippen MR) is 27.5 cm³/mol. The molecule has 3 heteroatoms. The molecule has 0 aromatic rings. The summed E-state index contributed by atoms with van der Waals surface area (Å²) in [6, 6.07) is 0. The lowest BCUT2D eigenvalue weighted by Gasteiger charge is -2.08. The van der Waals surface area contributed by atoms with Gasteiger partial charge in [-0.15, -0.1) is 0 Å². The van der Waals surface area contributed by atoms with Crippen LogP contribution < -0.4 is 5.73 Å². The molecule has 0 aliphatic carbocycles. The molecule has 0 unspecified atom stereocenters. The highest BCUT2D eigenvalue weighted by atomic mass is 16.1. The number of hydrogen-bond acceptors (Lipinski definition) is 2. The molecule has 0 spiro atoms. The largest absolute Gasteiger partial charge is 0.333 e. The third-order valence-electron chi connectivity index (χ3n) is 0.790. The number of hydrogen-bond donors (Lipinski definition) is 1. The molecule has 0 aromatic carbocycles. The lowest BCUT2D eigenvalue weighted by molar-refractivity contribution is -0.117. The summed E-state index contributed by atoms with van der Waals surface area (Å²) >= 11 is 0. The van der Waals surface area contributed by atoms with E-state index >= 15 is 0 Å². The number of nitrogens with zero attached hydrogens (tertiary/aromatic N) is 1. The van der Waals surface area contributed by atoms with Gasteiger partial charge in [-0.2, -0.15) is 0 Å². The van der Waals surface area contributed by atoms with Crippen LogP contribution in [0.2, 0.25) is 0 Å². The number of nitrogens with two attached hydrogens (primary N) is 1. The molecule has 7 heavy (non-hydrogen) atoms. The van der Waals surface area contributed by atoms with Gasteiger partial charge in [-0.3, -0.25) is 4.79 Å². The number of amides is 1. The van der Waals surface area contributed by atoms with Crippen molar-refractivity contribution in [1.82, 2.24) is 4.90 Å². The van der Waals surface area contributed by atoms with E-state index in [1.54, 1.807) is 0 Å². The molecular formula is C4H10N2O. The smallest absolute Gasteiger partial charge is 0.210 e. The minimum Gasteiger partial charge on any atom is -0.333 e. The van der Waals surface area contributed by atoms with Gasteiger partial charge in [-0.05, 0) is 6.92 Å². The van der Waals surface area contributed by atoms with Crippen molar-refractivity contribution in [3.05, 3.63) is 0 Å². The van der Waals surface area contributed by atoms with Crippen LogP contribution in [0.25, 0.3) is 0 Å². The SMILES string of the molecule is CCN(C=O)CN. The molecule has 0 saturated carbocycles. The lowest BCUT2D eigenvalue weighted by Crippen LogP contribution is -2.27. The Kier molecular flexibility index (Phi) is 3.32. The van der Waals surface area contributed by atoms with Crippen LogP contribution >= 0.6 is 0 Å². The molecule has 0 fully saturated rings. The van der Waals surface area contributed by atoms with Crippen LogP contribution in [0.3, 0.4) is 0 Å². The van der Waals surface area contributed by atoms with Gasteiger partial charge in [0.15, 0.2) is 0 Å². The van der Waals surface area contributed by atoms with Crippen molar-refractivity contribution in [2.75, 3.05) is 13.2 Å². The minimum atomic E-state index is 0.319. The van der Waals surface area contributed by atoms with E-state index in [1.165, 1.54) is 4.90 Å². The first-order valence-corrected chi connectivity index (χ1v) is 2.24.